The number of carbonyl (C=O) groups is 1. The average molecular weight is 440 g/mol. The number of hydrogen-bond acceptors (Lipinski definition) is 6. The number of carbonyl (C=O) groups excluding carboxylic acids is 1. The first-order valence-electron chi connectivity index (χ1n) is 9.80. The van der Waals surface area contributed by atoms with Gasteiger partial charge in [0.1, 0.15) is 0 Å². The Morgan fingerprint density at radius 3 is 2.61 bits per heavy atom. The summed E-state index contributed by atoms with van der Waals surface area (Å²) in [6.45, 7) is 3.49. The van der Waals surface area contributed by atoms with Crippen LogP contribution in [0.15, 0.2) is 52.4 Å². The van der Waals surface area contributed by atoms with E-state index in [4.69, 9.17) is 14.6 Å². The minimum absolute atomic E-state index is 0.169. The molecular formula is C22H23N4O4S+. The Bertz CT molecular complexity index is 1210. The van der Waals surface area contributed by atoms with Crippen molar-refractivity contribution in [3.05, 3.63) is 58.4 Å². The molecule has 0 radical (unpaired) electrons. The number of para-hydroxylation sites is 1. The number of H-pyrrole nitrogens is 1. The third-order valence-electron chi connectivity index (χ3n) is 5.08. The maximum absolute atomic E-state index is 13.1. The molecule has 2 heterocycles. The quantitative estimate of drug-likeness (QED) is 0.486. The molecule has 0 aliphatic carbocycles. The standard InChI is InChI=1S/C22H22N4O4S/c1-5-31-22-23-20(28)19-15-8-6-7-9-16(15)25(13(2)27)21(26(19)24-22)14-10-11-17(29-3)18(12-14)30-4/h6-12,21H,5H2,1-4H3/p+1/t21-/m1/s1. The maximum Gasteiger partial charge on any atom is 0.325 e. The minimum atomic E-state index is -0.666. The molecule has 0 saturated heterocycles. The molecule has 0 unspecified atom stereocenters. The van der Waals surface area contributed by atoms with E-state index in [9.17, 15) is 9.59 Å². The van der Waals surface area contributed by atoms with Crippen LogP contribution in [0.3, 0.4) is 0 Å². The Balaban J connectivity index is 2.04. The lowest BCUT2D eigenvalue weighted by Crippen LogP contribution is -2.60. The molecule has 8 nitrogen and oxygen atoms in total. The van der Waals surface area contributed by atoms with Crippen molar-refractivity contribution in [3.8, 4) is 22.8 Å². The van der Waals surface area contributed by atoms with Crippen LogP contribution in [0.2, 0.25) is 0 Å². The summed E-state index contributed by atoms with van der Waals surface area (Å²) in [4.78, 5) is 30.5. The van der Waals surface area contributed by atoms with E-state index >= 15 is 0 Å². The van der Waals surface area contributed by atoms with E-state index < -0.39 is 6.17 Å². The highest BCUT2D eigenvalue weighted by molar-refractivity contribution is 7.99. The lowest BCUT2D eigenvalue weighted by Gasteiger charge is -2.31. The molecule has 1 aliphatic heterocycles. The third kappa shape index (κ3) is 3.54. The van der Waals surface area contributed by atoms with Crippen LogP contribution in [0.5, 0.6) is 11.5 Å². The molecule has 1 atom stereocenters. The number of nitrogens with one attached hydrogen (secondary N) is 1. The van der Waals surface area contributed by atoms with Crippen molar-refractivity contribution in [3.63, 3.8) is 0 Å². The minimum Gasteiger partial charge on any atom is -0.493 e. The molecule has 0 bridgehead atoms. The fraction of sp³-hybridized carbons (Fsp3) is 0.273. The molecule has 0 fully saturated rings. The second-order valence-corrected chi connectivity index (χ2v) is 8.13. The van der Waals surface area contributed by atoms with Gasteiger partial charge < -0.3 is 9.47 Å². The summed E-state index contributed by atoms with van der Waals surface area (Å²) in [7, 11) is 3.12. The van der Waals surface area contributed by atoms with Crippen molar-refractivity contribution in [1.29, 1.82) is 0 Å². The average Bonchev–Trinajstić information content (AvgIpc) is 2.77. The van der Waals surface area contributed by atoms with Crippen LogP contribution < -0.4 is 24.6 Å². The molecular weight excluding hydrogens is 416 g/mol. The van der Waals surface area contributed by atoms with Crippen LogP contribution in [0.1, 0.15) is 25.6 Å². The summed E-state index contributed by atoms with van der Waals surface area (Å²) >= 11 is 1.43. The fourth-order valence-corrected chi connectivity index (χ4v) is 4.41. The maximum atomic E-state index is 13.1. The van der Waals surface area contributed by atoms with Gasteiger partial charge >= 0.3 is 11.3 Å². The Labute approximate surface area is 183 Å². The van der Waals surface area contributed by atoms with Gasteiger partial charge in [-0.05, 0) is 40.8 Å². The largest absolute Gasteiger partial charge is 0.493 e. The van der Waals surface area contributed by atoms with Gasteiger partial charge in [0.15, 0.2) is 11.5 Å². The number of ether oxygens (including phenoxy) is 2. The summed E-state index contributed by atoms with van der Waals surface area (Å²) in [6.07, 6.45) is -0.666. The summed E-state index contributed by atoms with van der Waals surface area (Å²) in [6, 6.07) is 12.8. The van der Waals surface area contributed by atoms with Crippen molar-refractivity contribution >= 4 is 23.4 Å². The van der Waals surface area contributed by atoms with Crippen LogP contribution in [0, 0.1) is 0 Å². The Kier molecular flexibility index (Phi) is 5.69. The molecule has 1 N–H and O–H groups in total. The van der Waals surface area contributed by atoms with E-state index in [1.54, 1.807) is 35.9 Å². The molecule has 4 rings (SSSR count). The van der Waals surface area contributed by atoms with E-state index in [1.165, 1.54) is 18.7 Å². The number of methoxy groups -OCH3 is 2. The zero-order chi connectivity index (χ0) is 22.1. The van der Waals surface area contributed by atoms with E-state index in [1.807, 2.05) is 37.3 Å². The molecule has 1 amide bonds. The summed E-state index contributed by atoms with van der Waals surface area (Å²) in [5, 5.41) is 5.20. The van der Waals surface area contributed by atoms with E-state index in [0.717, 1.165) is 11.3 Å². The van der Waals surface area contributed by atoms with Crippen LogP contribution in [-0.4, -0.2) is 36.0 Å². The Hall–Kier alpha value is -3.33. The fourth-order valence-electron chi connectivity index (χ4n) is 3.83. The van der Waals surface area contributed by atoms with Crippen molar-refractivity contribution in [1.82, 2.24) is 10.1 Å². The first-order valence-corrected chi connectivity index (χ1v) is 10.8. The number of aromatic amines is 1. The number of hydrogen-bond donors (Lipinski definition) is 1. The lowest BCUT2D eigenvalue weighted by molar-refractivity contribution is -0.763. The van der Waals surface area contributed by atoms with Gasteiger partial charge in [-0.15, -0.1) is 0 Å². The van der Waals surface area contributed by atoms with Gasteiger partial charge in [0, 0.05) is 17.6 Å². The number of nitrogens with zero attached hydrogens (tertiary/aromatic N) is 3. The predicted molar refractivity (Wildman–Crippen MR) is 118 cm³/mol. The summed E-state index contributed by atoms with van der Waals surface area (Å²) in [5.41, 5.74) is 2.17. The van der Waals surface area contributed by atoms with Crippen molar-refractivity contribution in [2.45, 2.75) is 25.2 Å². The SMILES string of the molecule is CCSc1n[n+]2c(c(=O)[nH]1)-c1ccccc1N(C(C)=O)[C@H]2c1ccc(OC)c(OC)c1. The van der Waals surface area contributed by atoms with Gasteiger partial charge in [0.05, 0.1) is 25.5 Å². The summed E-state index contributed by atoms with van der Waals surface area (Å²) in [5.74, 6) is 1.67. The predicted octanol–water partition coefficient (Wildman–Crippen LogP) is 2.77. The smallest absolute Gasteiger partial charge is 0.325 e. The molecule has 1 aromatic heterocycles. The van der Waals surface area contributed by atoms with Crippen molar-refractivity contribution in [2.24, 2.45) is 0 Å². The van der Waals surface area contributed by atoms with Gasteiger partial charge in [-0.1, -0.05) is 30.8 Å². The number of fused-ring (bicyclic) bond motifs is 3. The van der Waals surface area contributed by atoms with Gasteiger partial charge in [-0.25, -0.2) is 4.90 Å². The lowest BCUT2D eigenvalue weighted by atomic mass is 10.0. The molecule has 2 aromatic carbocycles. The zero-order valence-corrected chi connectivity index (χ0v) is 18.5. The Morgan fingerprint density at radius 1 is 1.19 bits per heavy atom. The van der Waals surface area contributed by atoms with Gasteiger partial charge in [-0.3, -0.25) is 14.6 Å². The highest BCUT2D eigenvalue weighted by Gasteiger charge is 2.45. The monoisotopic (exact) mass is 439 g/mol. The highest BCUT2D eigenvalue weighted by atomic mass is 32.2. The number of aromatic nitrogens is 3. The topological polar surface area (TPSA) is 88.4 Å². The second kappa shape index (κ2) is 8.43. The molecule has 31 heavy (non-hydrogen) atoms. The van der Waals surface area contributed by atoms with Crippen molar-refractivity contribution in [2.75, 3.05) is 24.9 Å². The number of anilines is 1. The van der Waals surface area contributed by atoms with E-state index in [-0.39, 0.29) is 11.5 Å². The highest BCUT2D eigenvalue weighted by Crippen LogP contribution is 2.39. The molecule has 9 heteroatoms. The van der Waals surface area contributed by atoms with Crippen molar-refractivity contribution < 1.29 is 19.0 Å². The van der Waals surface area contributed by atoms with Crippen LogP contribution in [-0.2, 0) is 4.79 Å². The number of amides is 1. The molecule has 160 valence electrons. The second-order valence-electron chi connectivity index (χ2n) is 6.88. The zero-order valence-electron chi connectivity index (χ0n) is 17.7. The molecule has 0 spiro atoms. The Morgan fingerprint density at radius 2 is 1.94 bits per heavy atom. The number of benzene rings is 2. The van der Waals surface area contributed by atoms with Gasteiger partial charge in [0.25, 0.3) is 6.17 Å². The molecule has 1 aliphatic rings. The normalized spacial score (nSPS) is 14.6. The van der Waals surface area contributed by atoms with Crippen LogP contribution in [0.4, 0.5) is 5.69 Å². The van der Waals surface area contributed by atoms with Gasteiger partial charge in [0.2, 0.25) is 11.1 Å². The molecule has 3 aromatic rings. The van der Waals surface area contributed by atoms with Crippen LogP contribution in [0.25, 0.3) is 11.3 Å². The third-order valence-corrected chi connectivity index (χ3v) is 5.83. The number of rotatable bonds is 5. The summed E-state index contributed by atoms with van der Waals surface area (Å²) < 4.78 is 12.5. The van der Waals surface area contributed by atoms with Crippen LogP contribution >= 0.6 is 11.8 Å². The van der Waals surface area contributed by atoms with E-state index in [2.05, 4.69) is 4.98 Å². The first-order chi connectivity index (χ1) is 15.0. The molecule has 0 saturated carbocycles. The number of thioether (sulfide) groups is 1. The van der Waals surface area contributed by atoms with Gasteiger partial charge in [-0.2, -0.15) is 0 Å². The first kappa shape index (κ1) is 20.9. The van der Waals surface area contributed by atoms with E-state index in [0.29, 0.717) is 33.6 Å².